The maximum atomic E-state index is 12.1. The molecule has 1 aliphatic heterocycles. The number of Topliss-reactive ketones (excluding diaryl/α,β-unsaturated/α-hetero) is 1. The van der Waals surface area contributed by atoms with Gasteiger partial charge in [-0.25, -0.2) is 8.42 Å². The first kappa shape index (κ1) is 13.2. The zero-order chi connectivity index (χ0) is 13.0. The van der Waals surface area contributed by atoms with Crippen LogP contribution in [0.4, 0.5) is 0 Å². The van der Waals surface area contributed by atoms with Crippen molar-refractivity contribution in [2.75, 3.05) is 18.8 Å². The molecule has 98 valence electrons. The van der Waals surface area contributed by atoms with Crippen molar-refractivity contribution in [3.8, 4) is 0 Å². The number of carbonyl (C=O) groups excluding carboxylic acids is 1. The van der Waals surface area contributed by atoms with Crippen molar-refractivity contribution >= 4 is 15.8 Å². The molecule has 0 radical (unpaired) electrons. The zero-order valence-corrected chi connectivity index (χ0v) is 10.9. The van der Waals surface area contributed by atoms with Gasteiger partial charge < -0.3 is 0 Å². The summed E-state index contributed by atoms with van der Waals surface area (Å²) in [4.78, 5) is 15.4. The molecule has 6 heteroatoms. The van der Waals surface area contributed by atoms with Crippen molar-refractivity contribution in [3.05, 3.63) is 30.1 Å². The van der Waals surface area contributed by atoms with E-state index in [1.54, 1.807) is 18.3 Å². The van der Waals surface area contributed by atoms with Gasteiger partial charge in [-0.3, -0.25) is 9.78 Å². The van der Waals surface area contributed by atoms with E-state index in [1.807, 2.05) is 6.07 Å². The topological polar surface area (TPSA) is 67.3 Å². The van der Waals surface area contributed by atoms with E-state index in [0.29, 0.717) is 25.8 Å². The van der Waals surface area contributed by atoms with Crippen molar-refractivity contribution in [3.63, 3.8) is 0 Å². The number of sulfonamides is 1. The third-order valence-corrected chi connectivity index (χ3v) is 4.77. The maximum Gasteiger partial charge on any atom is 0.214 e. The summed E-state index contributed by atoms with van der Waals surface area (Å²) in [5.74, 6) is 0.0137. The second-order valence-corrected chi connectivity index (χ2v) is 6.45. The molecule has 1 aromatic heterocycles. The van der Waals surface area contributed by atoms with Crippen LogP contribution < -0.4 is 0 Å². The van der Waals surface area contributed by atoms with Crippen molar-refractivity contribution in [1.29, 1.82) is 0 Å². The van der Waals surface area contributed by atoms with Crippen molar-refractivity contribution in [2.45, 2.75) is 19.3 Å². The lowest BCUT2D eigenvalue weighted by Gasteiger charge is -2.24. The smallest absolute Gasteiger partial charge is 0.214 e. The van der Waals surface area contributed by atoms with Crippen LogP contribution in [-0.2, 0) is 21.2 Å². The number of nitrogens with zero attached hydrogens (tertiary/aromatic N) is 2. The summed E-state index contributed by atoms with van der Waals surface area (Å²) in [7, 11) is -3.34. The van der Waals surface area contributed by atoms with Crippen LogP contribution in [0, 0.1) is 0 Å². The van der Waals surface area contributed by atoms with Gasteiger partial charge in [0, 0.05) is 31.3 Å². The summed E-state index contributed by atoms with van der Waals surface area (Å²) in [5, 5.41) is 0. The highest BCUT2D eigenvalue weighted by Crippen LogP contribution is 2.12. The van der Waals surface area contributed by atoms with E-state index in [9.17, 15) is 13.2 Å². The number of aromatic nitrogens is 1. The normalized spacial score (nSPS) is 17.9. The van der Waals surface area contributed by atoms with E-state index in [-0.39, 0.29) is 18.1 Å². The second kappa shape index (κ2) is 5.58. The minimum absolute atomic E-state index is 0.00246. The molecule has 2 rings (SSSR count). The fourth-order valence-electron chi connectivity index (χ4n) is 1.95. The standard InChI is InChI=1S/C12H16N2O3S/c15-12-5-3-8-14(10-12)18(16,17)9-6-11-4-1-2-7-13-11/h1-2,4,7H,3,5-6,8-10H2. The summed E-state index contributed by atoms with van der Waals surface area (Å²) in [6.45, 7) is 0.487. The number of ketones is 1. The molecule has 0 unspecified atom stereocenters. The SMILES string of the molecule is O=C1CCCN(S(=O)(=O)CCc2ccccn2)C1. The third-order valence-electron chi connectivity index (χ3n) is 2.95. The predicted octanol–water partition coefficient (Wildman–Crippen LogP) is 0.619. The van der Waals surface area contributed by atoms with Gasteiger partial charge in [0.15, 0.2) is 0 Å². The van der Waals surface area contributed by atoms with Crippen molar-refractivity contribution in [2.24, 2.45) is 0 Å². The number of rotatable bonds is 4. The number of hydrogen-bond donors (Lipinski definition) is 0. The Morgan fingerprint density at radius 3 is 2.83 bits per heavy atom. The molecule has 5 nitrogen and oxygen atoms in total. The number of carbonyl (C=O) groups is 1. The Hall–Kier alpha value is -1.27. The zero-order valence-electron chi connectivity index (χ0n) is 10.1. The lowest BCUT2D eigenvalue weighted by Crippen LogP contribution is -2.41. The molecular formula is C12H16N2O3S. The number of pyridine rings is 1. The highest BCUT2D eigenvalue weighted by molar-refractivity contribution is 7.89. The van der Waals surface area contributed by atoms with Gasteiger partial charge >= 0.3 is 0 Å². The van der Waals surface area contributed by atoms with Gasteiger partial charge in [0.05, 0.1) is 12.3 Å². The van der Waals surface area contributed by atoms with E-state index in [4.69, 9.17) is 0 Å². The van der Waals surface area contributed by atoms with Crippen LogP contribution in [0.5, 0.6) is 0 Å². The molecule has 0 saturated carbocycles. The van der Waals surface area contributed by atoms with Gasteiger partial charge in [0.1, 0.15) is 5.78 Å². The molecule has 1 fully saturated rings. The first-order valence-electron chi connectivity index (χ1n) is 5.97. The molecular weight excluding hydrogens is 252 g/mol. The number of hydrogen-bond acceptors (Lipinski definition) is 4. The Balaban J connectivity index is 1.97. The van der Waals surface area contributed by atoms with E-state index in [1.165, 1.54) is 4.31 Å². The molecule has 0 bridgehead atoms. The largest absolute Gasteiger partial charge is 0.298 e. The van der Waals surface area contributed by atoms with Gasteiger partial charge in [-0.15, -0.1) is 0 Å². The summed E-state index contributed by atoms with van der Waals surface area (Å²) in [5.41, 5.74) is 0.754. The van der Waals surface area contributed by atoms with Gasteiger partial charge in [-0.2, -0.15) is 4.31 Å². The Morgan fingerprint density at radius 1 is 1.33 bits per heavy atom. The molecule has 0 N–H and O–H groups in total. The van der Waals surface area contributed by atoms with E-state index < -0.39 is 10.0 Å². The lowest BCUT2D eigenvalue weighted by atomic mass is 10.1. The Bertz CT molecular complexity index is 513. The van der Waals surface area contributed by atoms with Crippen LogP contribution in [-0.4, -0.2) is 42.3 Å². The molecule has 0 spiro atoms. The molecule has 1 saturated heterocycles. The lowest BCUT2D eigenvalue weighted by molar-refractivity contribution is -0.120. The van der Waals surface area contributed by atoms with Crippen LogP contribution in [0.1, 0.15) is 18.5 Å². The average Bonchev–Trinajstić information content (AvgIpc) is 2.38. The van der Waals surface area contributed by atoms with E-state index in [2.05, 4.69) is 4.98 Å². The minimum Gasteiger partial charge on any atom is -0.298 e. The predicted molar refractivity (Wildman–Crippen MR) is 67.5 cm³/mol. The molecule has 0 aromatic carbocycles. The van der Waals surface area contributed by atoms with Crippen LogP contribution >= 0.6 is 0 Å². The third kappa shape index (κ3) is 3.36. The Labute approximate surface area is 107 Å². The van der Waals surface area contributed by atoms with Crippen LogP contribution in [0.2, 0.25) is 0 Å². The molecule has 1 aliphatic rings. The monoisotopic (exact) mass is 268 g/mol. The number of piperidine rings is 1. The van der Waals surface area contributed by atoms with E-state index >= 15 is 0 Å². The molecule has 1 aromatic rings. The van der Waals surface area contributed by atoms with Gasteiger partial charge in [0.2, 0.25) is 10.0 Å². The first-order chi connectivity index (χ1) is 8.58. The minimum atomic E-state index is -3.34. The quantitative estimate of drug-likeness (QED) is 0.803. The van der Waals surface area contributed by atoms with Crippen molar-refractivity contribution < 1.29 is 13.2 Å². The number of aryl methyl sites for hydroxylation is 1. The van der Waals surface area contributed by atoms with Crippen LogP contribution in [0.15, 0.2) is 24.4 Å². The highest BCUT2D eigenvalue weighted by Gasteiger charge is 2.27. The molecule has 0 aliphatic carbocycles. The fourth-order valence-corrected chi connectivity index (χ4v) is 3.43. The summed E-state index contributed by atoms with van der Waals surface area (Å²) in [6, 6.07) is 5.43. The second-order valence-electron chi connectivity index (χ2n) is 4.36. The first-order valence-corrected chi connectivity index (χ1v) is 7.58. The van der Waals surface area contributed by atoms with E-state index in [0.717, 1.165) is 5.69 Å². The summed E-state index contributed by atoms with van der Waals surface area (Å²) >= 11 is 0. The van der Waals surface area contributed by atoms with Crippen LogP contribution in [0.3, 0.4) is 0 Å². The van der Waals surface area contributed by atoms with Crippen molar-refractivity contribution in [1.82, 2.24) is 9.29 Å². The summed E-state index contributed by atoms with van der Waals surface area (Å²) in [6.07, 6.45) is 3.15. The van der Waals surface area contributed by atoms with Gasteiger partial charge in [-0.1, -0.05) is 6.07 Å². The van der Waals surface area contributed by atoms with Gasteiger partial charge in [0.25, 0.3) is 0 Å². The summed E-state index contributed by atoms with van der Waals surface area (Å²) < 4.78 is 25.4. The Kier molecular flexibility index (Phi) is 4.08. The molecule has 0 amide bonds. The Morgan fingerprint density at radius 2 is 2.17 bits per heavy atom. The van der Waals surface area contributed by atoms with Crippen LogP contribution in [0.25, 0.3) is 0 Å². The maximum absolute atomic E-state index is 12.1. The molecule has 2 heterocycles. The molecule has 0 atom stereocenters. The fraction of sp³-hybridized carbons (Fsp3) is 0.500. The highest BCUT2D eigenvalue weighted by atomic mass is 32.2. The van der Waals surface area contributed by atoms with Gasteiger partial charge in [-0.05, 0) is 18.6 Å². The molecule has 18 heavy (non-hydrogen) atoms. The average molecular weight is 268 g/mol.